The highest BCUT2D eigenvalue weighted by Gasteiger charge is 2.13. The lowest BCUT2D eigenvalue weighted by Crippen LogP contribution is -2.33. The van der Waals surface area contributed by atoms with Gasteiger partial charge in [-0.2, -0.15) is 0 Å². The molecule has 1 aromatic rings. The Morgan fingerprint density at radius 3 is 2.35 bits per heavy atom. The normalized spacial score (nSPS) is 10.1. The van der Waals surface area contributed by atoms with Crippen LogP contribution in [0.15, 0.2) is 24.3 Å². The molecular weight excluding hydrogens is 262 g/mol. The van der Waals surface area contributed by atoms with Crippen molar-refractivity contribution in [1.82, 2.24) is 4.90 Å². The highest BCUT2D eigenvalue weighted by atomic mass is 16.5. The summed E-state index contributed by atoms with van der Waals surface area (Å²) in [6, 6.07) is 7.42. The van der Waals surface area contributed by atoms with Crippen molar-refractivity contribution in [3.63, 3.8) is 0 Å². The number of hydrogen-bond acceptors (Lipinski definition) is 4. The maximum atomic E-state index is 11.9. The largest absolute Gasteiger partial charge is 0.497 e. The Kier molecular flexibility index (Phi) is 6.52. The van der Waals surface area contributed by atoms with E-state index < -0.39 is 12.6 Å². The molecule has 0 saturated carbocycles. The van der Waals surface area contributed by atoms with Gasteiger partial charge in [0, 0.05) is 13.1 Å². The molecule has 0 saturated heterocycles. The minimum absolute atomic E-state index is 0.226. The molecule has 1 N–H and O–H groups in total. The fourth-order valence-corrected chi connectivity index (χ4v) is 1.64. The maximum absolute atomic E-state index is 11.9. The second kappa shape index (κ2) is 8.16. The molecule has 1 aromatic carbocycles. The van der Waals surface area contributed by atoms with Crippen LogP contribution in [0.2, 0.25) is 0 Å². The molecule has 0 bridgehead atoms. The van der Waals surface area contributed by atoms with Crippen LogP contribution in [0.3, 0.4) is 0 Å². The second-order valence-electron chi connectivity index (χ2n) is 4.14. The summed E-state index contributed by atoms with van der Waals surface area (Å²) in [4.78, 5) is 23.8. The SMILES string of the molecule is CCN(Cc1ccc(OC)cc1)C(=O)COCC(=O)O. The van der Waals surface area contributed by atoms with Crippen LogP contribution in [0, 0.1) is 0 Å². The summed E-state index contributed by atoms with van der Waals surface area (Å²) in [7, 11) is 1.59. The first-order valence-corrected chi connectivity index (χ1v) is 6.27. The lowest BCUT2D eigenvalue weighted by molar-refractivity contribution is -0.146. The molecule has 6 nitrogen and oxygen atoms in total. The predicted molar refractivity (Wildman–Crippen MR) is 72.5 cm³/mol. The van der Waals surface area contributed by atoms with Crippen molar-refractivity contribution in [3.05, 3.63) is 29.8 Å². The van der Waals surface area contributed by atoms with Gasteiger partial charge in [-0.15, -0.1) is 0 Å². The lowest BCUT2D eigenvalue weighted by Gasteiger charge is -2.21. The Balaban J connectivity index is 2.52. The number of hydrogen-bond donors (Lipinski definition) is 1. The number of rotatable bonds is 8. The van der Waals surface area contributed by atoms with Gasteiger partial charge >= 0.3 is 5.97 Å². The zero-order chi connectivity index (χ0) is 15.0. The topological polar surface area (TPSA) is 76.1 Å². The summed E-state index contributed by atoms with van der Waals surface area (Å²) in [6.45, 7) is 2.15. The van der Waals surface area contributed by atoms with Gasteiger partial charge in [0.2, 0.25) is 5.91 Å². The summed E-state index contributed by atoms with van der Waals surface area (Å²) in [6.07, 6.45) is 0. The fourth-order valence-electron chi connectivity index (χ4n) is 1.64. The molecule has 6 heteroatoms. The van der Waals surface area contributed by atoms with Gasteiger partial charge in [0.1, 0.15) is 19.0 Å². The van der Waals surface area contributed by atoms with Gasteiger partial charge in [-0.05, 0) is 24.6 Å². The van der Waals surface area contributed by atoms with Crippen molar-refractivity contribution >= 4 is 11.9 Å². The third kappa shape index (κ3) is 5.27. The quantitative estimate of drug-likeness (QED) is 0.773. The van der Waals surface area contributed by atoms with Crippen LogP contribution in [0.5, 0.6) is 5.75 Å². The summed E-state index contributed by atoms with van der Waals surface area (Å²) < 4.78 is 9.87. The van der Waals surface area contributed by atoms with Crippen LogP contribution in [0.4, 0.5) is 0 Å². The van der Waals surface area contributed by atoms with Gasteiger partial charge in [0.25, 0.3) is 0 Å². The van der Waals surface area contributed by atoms with Gasteiger partial charge in [0.15, 0.2) is 0 Å². The molecule has 20 heavy (non-hydrogen) atoms. The number of amides is 1. The van der Waals surface area contributed by atoms with Crippen LogP contribution in [-0.4, -0.2) is 48.8 Å². The Morgan fingerprint density at radius 1 is 1.20 bits per heavy atom. The number of ether oxygens (including phenoxy) is 2. The monoisotopic (exact) mass is 281 g/mol. The molecule has 1 amide bonds. The Morgan fingerprint density at radius 2 is 1.85 bits per heavy atom. The van der Waals surface area contributed by atoms with E-state index in [0.717, 1.165) is 11.3 Å². The van der Waals surface area contributed by atoms with Gasteiger partial charge < -0.3 is 19.5 Å². The number of methoxy groups -OCH3 is 1. The number of benzene rings is 1. The number of carbonyl (C=O) groups excluding carboxylic acids is 1. The minimum Gasteiger partial charge on any atom is -0.497 e. The van der Waals surface area contributed by atoms with Crippen LogP contribution in [0.1, 0.15) is 12.5 Å². The van der Waals surface area contributed by atoms with E-state index >= 15 is 0 Å². The molecule has 0 spiro atoms. The van der Waals surface area contributed by atoms with Crippen LogP contribution in [0.25, 0.3) is 0 Å². The maximum Gasteiger partial charge on any atom is 0.329 e. The first-order chi connectivity index (χ1) is 9.56. The van der Waals surface area contributed by atoms with E-state index in [4.69, 9.17) is 14.6 Å². The van der Waals surface area contributed by atoms with Gasteiger partial charge in [-0.1, -0.05) is 12.1 Å². The molecule has 0 aliphatic carbocycles. The number of aliphatic carboxylic acids is 1. The average molecular weight is 281 g/mol. The highest BCUT2D eigenvalue weighted by molar-refractivity contribution is 5.78. The van der Waals surface area contributed by atoms with Crippen molar-refractivity contribution < 1.29 is 24.2 Å². The number of carbonyl (C=O) groups is 2. The van der Waals surface area contributed by atoms with E-state index in [0.29, 0.717) is 13.1 Å². The molecule has 0 aromatic heterocycles. The van der Waals surface area contributed by atoms with E-state index in [-0.39, 0.29) is 12.5 Å². The van der Waals surface area contributed by atoms with E-state index in [2.05, 4.69) is 0 Å². The van der Waals surface area contributed by atoms with E-state index in [1.54, 1.807) is 12.0 Å². The van der Waals surface area contributed by atoms with Gasteiger partial charge in [-0.25, -0.2) is 4.79 Å². The molecule has 1 rings (SSSR count). The summed E-state index contributed by atoms with van der Waals surface area (Å²) in [5, 5.41) is 8.44. The molecule has 110 valence electrons. The predicted octanol–water partition coefficient (Wildman–Crippen LogP) is 1.14. The molecule has 0 unspecified atom stereocenters. The third-order valence-corrected chi connectivity index (χ3v) is 2.72. The van der Waals surface area contributed by atoms with Crippen molar-refractivity contribution in [2.24, 2.45) is 0 Å². The highest BCUT2D eigenvalue weighted by Crippen LogP contribution is 2.13. The smallest absolute Gasteiger partial charge is 0.329 e. The summed E-state index contributed by atoms with van der Waals surface area (Å²) >= 11 is 0. The molecule has 0 aliphatic rings. The molecular formula is C14H19NO5. The first-order valence-electron chi connectivity index (χ1n) is 6.27. The van der Waals surface area contributed by atoms with Crippen molar-refractivity contribution in [2.75, 3.05) is 26.9 Å². The summed E-state index contributed by atoms with van der Waals surface area (Å²) in [5.74, 6) is -0.562. The van der Waals surface area contributed by atoms with Crippen molar-refractivity contribution in [2.45, 2.75) is 13.5 Å². The number of nitrogens with zero attached hydrogens (tertiary/aromatic N) is 1. The third-order valence-electron chi connectivity index (χ3n) is 2.72. The van der Waals surface area contributed by atoms with Crippen LogP contribution < -0.4 is 4.74 Å². The molecule has 0 heterocycles. The first kappa shape index (κ1) is 16.0. The molecule has 0 fully saturated rings. The zero-order valence-electron chi connectivity index (χ0n) is 11.7. The van der Waals surface area contributed by atoms with Gasteiger partial charge in [0.05, 0.1) is 7.11 Å². The van der Waals surface area contributed by atoms with E-state index in [1.165, 1.54) is 0 Å². The fraction of sp³-hybridized carbons (Fsp3) is 0.429. The van der Waals surface area contributed by atoms with Gasteiger partial charge in [-0.3, -0.25) is 4.79 Å². The zero-order valence-corrected chi connectivity index (χ0v) is 11.7. The van der Waals surface area contributed by atoms with Crippen LogP contribution in [-0.2, 0) is 20.9 Å². The van der Waals surface area contributed by atoms with E-state index in [9.17, 15) is 9.59 Å². The van der Waals surface area contributed by atoms with Crippen molar-refractivity contribution in [1.29, 1.82) is 0 Å². The number of likely N-dealkylation sites (N-methyl/N-ethyl adjacent to an activating group) is 1. The van der Waals surface area contributed by atoms with Crippen molar-refractivity contribution in [3.8, 4) is 5.75 Å². The van der Waals surface area contributed by atoms with E-state index in [1.807, 2.05) is 31.2 Å². The molecule has 0 aliphatic heterocycles. The number of carboxylic acid groups (broad SMARTS) is 1. The summed E-state index contributed by atoms with van der Waals surface area (Å²) in [5.41, 5.74) is 0.972. The number of carboxylic acids is 1. The van der Waals surface area contributed by atoms with Crippen LogP contribution >= 0.6 is 0 Å². The molecule has 0 radical (unpaired) electrons. The standard InChI is InChI=1S/C14H19NO5/c1-3-15(13(16)9-20-10-14(17)18)8-11-4-6-12(19-2)7-5-11/h4-7H,3,8-10H2,1-2H3,(H,17,18). The second-order valence-corrected chi connectivity index (χ2v) is 4.14. The Hall–Kier alpha value is -2.08. The average Bonchev–Trinajstić information content (AvgIpc) is 2.44. The lowest BCUT2D eigenvalue weighted by atomic mass is 10.2. The minimum atomic E-state index is -1.09. The Labute approximate surface area is 117 Å². The Bertz CT molecular complexity index is 443. The molecule has 0 atom stereocenters.